The number of hydrogen-bond acceptors (Lipinski definition) is 4. The molecule has 1 saturated carbocycles. The Morgan fingerprint density at radius 3 is 2.94 bits per heavy atom. The molecule has 3 nitrogen and oxygen atoms in total. The van der Waals surface area contributed by atoms with Crippen molar-refractivity contribution < 1.29 is 9.53 Å². The Bertz CT molecular complexity index is 445. The van der Waals surface area contributed by atoms with E-state index in [4.69, 9.17) is 4.74 Å². The SMILES string of the molecule is O=C1OCCC1Sc1cccc(CNC2CC2)c1. The van der Waals surface area contributed by atoms with Crippen molar-refractivity contribution in [3.05, 3.63) is 29.8 Å². The van der Waals surface area contributed by atoms with Crippen molar-refractivity contribution in [3.63, 3.8) is 0 Å². The van der Waals surface area contributed by atoms with E-state index in [2.05, 4.69) is 29.6 Å². The van der Waals surface area contributed by atoms with E-state index in [0.29, 0.717) is 6.61 Å². The number of esters is 1. The first-order valence-electron chi connectivity index (χ1n) is 6.47. The number of rotatable bonds is 5. The fourth-order valence-corrected chi connectivity index (χ4v) is 3.11. The summed E-state index contributed by atoms with van der Waals surface area (Å²) in [6.07, 6.45) is 3.44. The summed E-state index contributed by atoms with van der Waals surface area (Å²) in [6, 6.07) is 9.16. The van der Waals surface area contributed by atoms with Crippen molar-refractivity contribution in [2.45, 2.75) is 42.0 Å². The molecule has 4 heteroatoms. The van der Waals surface area contributed by atoms with Gasteiger partial charge in [0, 0.05) is 23.9 Å². The predicted molar refractivity (Wildman–Crippen MR) is 71.5 cm³/mol. The maximum Gasteiger partial charge on any atom is 0.319 e. The van der Waals surface area contributed by atoms with E-state index in [0.717, 1.165) is 23.9 Å². The minimum absolute atomic E-state index is 0.0170. The van der Waals surface area contributed by atoms with Crippen molar-refractivity contribution in [1.82, 2.24) is 5.32 Å². The molecule has 0 bridgehead atoms. The van der Waals surface area contributed by atoms with Crippen LogP contribution in [0, 0.1) is 0 Å². The number of cyclic esters (lactones) is 1. The summed E-state index contributed by atoms with van der Waals surface area (Å²) in [7, 11) is 0. The average Bonchev–Trinajstić information content (AvgIpc) is 3.13. The molecule has 1 aliphatic heterocycles. The largest absolute Gasteiger partial charge is 0.465 e. The number of carbonyl (C=O) groups excluding carboxylic acids is 1. The molecule has 1 atom stereocenters. The van der Waals surface area contributed by atoms with E-state index >= 15 is 0 Å². The predicted octanol–water partition coefficient (Wildman–Crippen LogP) is 2.35. The third-order valence-corrected chi connectivity index (χ3v) is 4.48. The molecule has 96 valence electrons. The van der Waals surface area contributed by atoms with Gasteiger partial charge < -0.3 is 10.1 Å². The van der Waals surface area contributed by atoms with Crippen LogP contribution in [0.1, 0.15) is 24.8 Å². The normalized spacial score (nSPS) is 23.1. The van der Waals surface area contributed by atoms with E-state index in [-0.39, 0.29) is 11.2 Å². The number of nitrogens with one attached hydrogen (secondary N) is 1. The molecule has 1 heterocycles. The van der Waals surface area contributed by atoms with Gasteiger partial charge in [0.05, 0.1) is 6.61 Å². The van der Waals surface area contributed by atoms with Gasteiger partial charge in [-0.05, 0) is 30.5 Å². The molecule has 0 spiro atoms. The van der Waals surface area contributed by atoms with Gasteiger partial charge in [-0.3, -0.25) is 4.79 Å². The van der Waals surface area contributed by atoms with Crippen molar-refractivity contribution in [1.29, 1.82) is 0 Å². The van der Waals surface area contributed by atoms with Crippen molar-refractivity contribution >= 4 is 17.7 Å². The molecule has 1 aromatic rings. The summed E-state index contributed by atoms with van der Waals surface area (Å²) in [5.41, 5.74) is 1.29. The maximum absolute atomic E-state index is 11.4. The molecule has 18 heavy (non-hydrogen) atoms. The van der Waals surface area contributed by atoms with Crippen LogP contribution in [0.3, 0.4) is 0 Å². The zero-order valence-electron chi connectivity index (χ0n) is 10.2. The second-order valence-electron chi connectivity index (χ2n) is 4.87. The van der Waals surface area contributed by atoms with E-state index in [1.165, 1.54) is 18.4 Å². The first-order valence-corrected chi connectivity index (χ1v) is 7.35. The second-order valence-corrected chi connectivity index (χ2v) is 6.14. The monoisotopic (exact) mass is 263 g/mol. The van der Waals surface area contributed by atoms with Crippen molar-refractivity contribution in [2.75, 3.05) is 6.61 Å². The summed E-state index contributed by atoms with van der Waals surface area (Å²) in [5.74, 6) is -0.0680. The van der Waals surface area contributed by atoms with Gasteiger partial charge in [0.2, 0.25) is 0 Å². The van der Waals surface area contributed by atoms with Crippen LogP contribution in [0.2, 0.25) is 0 Å². The molecule has 1 aliphatic carbocycles. The van der Waals surface area contributed by atoms with Crippen LogP contribution in [-0.4, -0.2) is 23.9 Å². The molecule has 0 aromatic heterocycles. The van der Waals surface area contributed by atoms with Gasteiger partial charge in [0.1, 0.15) is 5.25 Å². The molecule has 1 N–H and O–H groups in total. The molecule has 1 aromatic carbocycles. The molecule has 2 fully saturated rings. The van der Waals surface area contributed by atoms with Crippen LogP contribution in [0.5, 0.6) is 0 Å². The minimum atomic E-state index is -0.0680. The Labute approximate surface area is 111 Å². The molecular weight excluding hydrogens is 246 g/mol. The van der Waals surface area contributed by atoms with Crippen LogP contribution >= 0.6 is 11.8 Å². The Balaban J connectivity index is 1.60. The number of benzene rings is 1. The Morgan fingerprint density at radius 1 is 1.33 bits per heavy atom. The van der Waals surface area contributed by atoms with Gasteiger partial charge in [0.15, 0.2) is 0 Å². The van der Waals surface area contributed by atoms with Gasteiger partial charge in [-0.2, -0.15) is 0 Å². The molecule has 0 radical (unpaired) electrons. The lowest BCUT2D eigenvalue weighted by Crippen LogP contribution is -2.15. The van der Waals surface area contributed by atoms with Crippen LogP contribution in [-0.2, 0) is 16.1 Å². The Kier molecular flexibility index (Phi) is 3.57. The fourth-order valence-electron chi connectivity index (χ4n) is 2.03. The highest BCUT2D eigenvalue weighted by molar-refractivity contribution is 8.00. The topological polar surface area (TPSA) is 38.3 Å². The van der Waals surface area contributed by atoms with Crippen molar-refractivity contribution in [3.8, 4) is 0 Å². The van der Waals surface area contributed by atoms with E-state index < -0.39 is 0 Å². The molecular formula is C14H17NO2S. The fraction of sp³-hybridized carbons (Fsp3) is 0.500. The average molecular weight is 263 g/mol. The quantitative estimate of drug-likeness (QED) is 0.828. The third kappa shape index (κ3) is 3.06. The molecule has 2 aliphatic rings. The van der Waals surface area contributed by atoms with E-state index in [9.17, 15) is 4.79 Å². The Hall–Kier alpha value is -1.00. The zero-order valence-corrected chi connectivity index (χ0v) is 11.0. The highest BCUT2D eigenvalue weighted by Crippen LogP contribution is 2.30. The second kappa shape index (κ2) is 5.33. The molecule has 1 saturated heterocycles. The summed E-state index contributed by atoms with van der Waals surface area (Å²) in [4.78, 5) is 12.6. The number of hydrogen-bond donors (Lipinski definition) is 1. The van der Waals surface area contributed by atoms with Crippen LogP contribution < -0.4 is 5.32 Å². The summed E-state index contributed by atoms with van der Waals surface area (Å²) < 4.78 is 4.98. The number of carbonyl (C=O) groups is 1. The first-order chi connectivity index (χ1) is 8.81. The molecule has 0 amide bonds. The van der Waals surface area contributed by atoms with E-state index in [1.807, 2.05) is 0 Å². The van der Waals surface area contributed by atoms with Gasteiger partial charge in [-0.1, -0.05) is 12.1 Å². The van der Waals surface area contributed by atoms with Crippen LogP contribution in [0.15, 0.2) is 29.2 Å². The molecule has 3 rings (SSSR count). The maximum atomic E-state index is 11.4. The van der Waals surface area contributed by atoms with Gasteiger partial charge in [-0.15, -0.1) is 11.8 Å². The van der Waals surface area contributed by atoms with Gasteiger partial charge in [0.25, 0.3) is 0 Å². The van der Waals surface area contributed by atoms with Crippen molar-refractivity contribution in [2.24, 2.45) is 0 Å². The van der Waals surface area contributed by atoms with E-state index in [1.54, 1.807) is 11.8 Å². The highest BCUT2D eigenvalue weighted by Gasteiger charge is 2.27. The Morgan fingerprint density at radius 2 is 2.22 bits per heavy atom. The third-order valence-electron chi connectivity index (χ3n) is 3.24. The summed E-state index contributed by atoms with van der Waals surface area (Å²) >= 11 is 1.62. The summed E-state index contributed by atoms with van der Waals surface area (Å²) in [6.45, 7) is 1.49. The lowest BCUT2D eigenvalue weighted by molar-refractivity contribution is -0.137. The van der Waals surface area contributed by atoms with Crippen LogP contribution in [0.25, 0.3) is 0 Å². The number of ether oxygens (including phenoxy) is 1. The van der Waals surface area contributed by atoms with Crippen LogP contribution in [0.4, 0.5) is 0 Å². The van der Waals surface area contributed by atoms with Gasteiger partial charge in [-0.25, -0.2) is 0 Å². The highest BCUT2D eigenvalue weighted by atomic mass is 32.2. The number of thioether (sulfide) groups is 1. The zero-order chi connectivity index (χ0) is 12.4. The lowest BCUT2D eigenvalue weighted by atomic mass is 10.2. The smallest absolute Gasteiger partial charge is 0.319 e. The summed E-state index contributed by atoms with van der Waals surface area (Å²) in [5, 5.41) is 3.48. The first kappa shape index (κ1) is 12.1. The van der Waals surface area contributed by atoms with Gasteiger partial charge >= 0.3 is 5.97 Å². The minimum Gasteiger partial charge on any atom is -0.465 e. The molecule has 1 unspecified atom stereocenters. The lowest BCUT2D eigenvalue weighted by Gasteiger charge is -2.08. The standard InChI is InChI=1S/C14H17NO2S/c16-14-13(6-7-17-14)18-12-3-1-2-10(8-12)9-15-11-4-5-11/h1-3,8,11,13,15H,4-7,9H2.